The molecule has 0 radical (unpaired) electrons. The van der Waals surface area contributed by atoms with Gasteiger partial charge < -0.3 is 57.1 Å². The lowest BCUT2D eigenvalue weighted by Gasteiger charge is -2.40. The Morgan fingerprint density at radius 3 is 2.01 bits per heavy atom. The predicted octanol–water partition coefficient (Wildman–Crippen LogP) is 2.43. The zero-order valence-corrected chi connectivity index (χ0v) is 43.4. The first-order valence-electron chi connectivity index (χ1n) is 24.9. The Labute approximate surface area is 423 Å². The molecule has 20 heteroatoms. The van der Waals surface area contributed by atoms with Crippen LogP contribution in [0, 0.1) is 23.7 Å². The fraction of sp³-hybridized carbons (Fsp3) is 0.596. The second-order valence-electron chi connectivity index (χ2n) is 19.9. The number of esters is 1. The molecule has 0 bridgehead atoms. The van der Waals surface area contributed by atoms with E-state index >= 15 is 0 Å². The molecule has 2 aromatic rings. The van der Waals surface area contributed by atoms with Gasteiger partial charge in [-0.15, -0.1) is 0 Å². The van der Waals surface area contributed by atoms with Gasteiger partial charge in [-0.2, -0.15) is 0 Å². The van der Waals surface area contributed by atoms with Crippen LogP contribution in [0.1, 0.15) is 123 Å². The molecule has 0 aliphatic carbocycles. The summed E-state index contributed by atoms with van der Waals surface area (Å²) < 4.78 is 5.98. The number of primary amides is 1. The summed E-state index contributed by atoms with van der Waals surface area (Å²) in [5, 5.41) is 35.6. The van der Waals surface area contributed by atoms with Gasteiger partial charge in [0, 0.05) is 37.9 Å². The molecule has 20 nitrogen and oxygen atoms in total. The molecular weight excluding hydrogens is 929 g/mol. The summed E-state index contributed by atoms with van der Waals surface area (Å²) in [5.41, 5.74) is 6.16. The summed E-state index contributed by atoms with van der Waals surface area (Å²) in [4.78, 5) is 128. The topological polar surface area (TPSA) is 296 Å². The summed E-state index contributed by atoms with van der Waals surface area (Å²) in [7, 11) is 1.38. The maximum Gasteiger partial charge on any atom is 0.329 e. The van der Waals surface area contributed by atoms with Crippen molar-refractivity contribution in [3.63, 3.8) is 0 Å². The number of carbonyl (C=O) groups is 9. The SMILES string of the molecule is CCC(C)[C@@H]1NC(=O)C(Cc2ccc(O)cc2)N(C)C(=O)[C@H](C(C)CC)N(C=O)[C@@H](O)CC(CC(C)C)NC(=O)[C@H](CC(C)C)NC(=O)[C@@H](NC(=O)[C@H](CCC(N)=O)NC(=O)c2ccccc2)[C@@H](C)OC1=O. The highest BCUT2D eigenvalue weighted by Gasteiger charge is 2.42. The van der Waals surface area contributed by atoms with E-state index in [-0.39, 0.29) is 55.3 Å². The fourth-order valence-corrected chi connectivity index (χ4v) is 8.54. The highest BCUT2D eigenvalue weighted by molar-refractivity contribution is 5.99. The number of hydrogen-bond donors (Lipinski definition) is 8. The molecule has 1 aliphatic heterocycles. The van der Waals surface area contributed by atoms with Gasteiger partial charge in [-0.05, 0) is 79.7 Å². The first-order valence-corrected chi connectivity index (χ1v) is 24.9. The molecule has 1 heterocycles. The number of nitrogens with one attached hydrogen (secondary N) is 5. The van der Waals surface area contributed by atoms with Crippen molar-refractivity contribution in [3.8, 4) is 5.75 Å². The molecule has 8 amide bonds. The van der Waals surface area contributed by atoms with E-state index < -0.39 is 114 Å². The van der Waals surface area contributed by atoms with E-state index in [1.54, 1.807) is 51.1 Å². The highest BCUT2D eigenvalue weighted by atomic mass is 16.5. The zero-order valence-electron chi connectivity index (χ0n) is 43.4. The Morgan fingerprint density at radius 2 is 1.46 bits per heavy atom. The summed E-state index contributed by atoms with van der Waals surface area (Å²) in [5.74, 6) is -8.05. The van der Waals surface area contributed by atoms with Gasteiger partial charge in [0.25, 0.3) is 5.91 Å². The van der Waals surface area contributed by atoms with Gasteiger partial charge in [-0.3, -0.25) is 38.4 Å². The van der Waals surface area contributed by atoms with Gasteiger partial charge in [0.1, 0.15) is 54.3 Å². The van der Waals surface area contributed by atoms with Crippen LogP contribution < -0.4 is 32.3 Å². The molecule has 9 N–H and O–H groups in total. The number of amides is 8. The molecule has 2 aromatic carbocycles. The molecule has 0 spiro atoms. The minimum atomic E-state index is -1.76. The Morgan fingerprint density at radius 1 is 0.847 bits per heavy atom. The van der Waals surface area contributed by atoms with Crippen molar-refractivity contribution in [2.24, 2.45) is 29.4 Å². The number of phenols is 1. The molecule has 1 fully saturated rings. The largest absolute Gasteiger partial charge is 0.508 e. The van der Waals surface area contributed by atoms with Crippen molar-refractivity contribution in [2.45, 2.75) is 168 Å². The summed E-state index contributed by atoms with van der Waals surface area (Å²) in [6.45, 7) is 15.7. The van der Waals surface area contributed by atoms with E-state index in [0.717, 1.165) is 9.80 Å². The summed E-state index contributed by atoms with van der Waals surface area (Å²) in [6.07, 6.45) is -2.73. The van der Waals surface area contributed by atoms with Gasteiger partial charge in [-0.1, -0.05) is 98.6 Å². The molecule has 72 heavy (non-hydrogen) atoms. The smallest absolute Gasteiger partial charge is 0.329 e. The van der Waals surface area contributed by atoms with Crippen molar-refractivity contribution < 1.29 is 58.1 Å². The van der Waals surface area contributed by atoms with Gasteiger partial charge in [0.05, 0.1) is 0 Å². The molecule has 0 saturated carbocycles. The van der Waals surface area contributed by atoms with Crippen molar-refractivity contribution in [1.29, 1.82) is 0 Å². The average molecular weight is 1010 g/mol. The standard InChI is InChI=1S/C52H78N8O12/c1-11-31(7)43-52(71)72-33(9)44(58-47(66)38(22-23-41(53)63)55-46(65)35-16-14-13-15-17-35)50(69)56-39(25-30(5)6)48(67)54-36(24-29(3)4)27-42(64)60(28-61)45(32(8)12-2)51(70)59(10)40(49(68)57-43)26-34-18-20-37(62)21-19-34/h13-21,28-33,36,38-40,42-45,62,64H,11-12,22-27H2,1-10H3,(H2,53,63)(H,54,67)(H,55,65)(H,56,69)(H,57,68)(H,58,66)/t31?,32?,33-,36?,38+,39+,40?,42+,43+,44+,45+/m1/s1. The van der Waals surface area contributed by atoms with Crippen LogP contribution in [-0.4, -0.2) is 135 Å². The lowest BCUT2D eigenvalue weighted by Crippen LogP contribution is -2.62. The van der Waals surface area contributed by atoms with Gasteiger partial charge >= 0.3 is 5.97 Å². The summed E-state index contributed by atoms with van der Waals surface area (Å²) >= 11 is 0. The van der Waals surface area contributed by atoms with Gasteiger partial charge in [0.2, 0.25) is 41.9 Å². The van der Waals surface area contributed by atoms with E-state index in [1.165, 1.54) is 38.2 Å². The van der Waals surface area contributed by atoms with Crippen LogP contribution in [0.4, 0.5) is 0 Å². The van der Waals surface area contributed by atoms with Gasteiger partial charge in [0.15, 0.2) is 0 Å². The molecule has 1 aliphatic rings. The fourth-order valence-electron chi connectivity index (χ4n) is 8.54. The molecule has 1 saturated heterocycles. The van der Waals surface area contributed by atoms with Crippen molar-refractivity contribution in [1.82, 2.24) is 36.4 Å². The minimum Gasteiger partial charge on any atom is -0.508 e. The van der Waals surface area contributed by atoms with Crippen molar-refractivity contribution >= 4 is 53.7 Å². The number of phenolic OH excluding ortho intramolecular Hbond substituents is 1. The normalized spacial score (nSPS) is 24.5. The van der Waals surface area contributed by atoms with Crippen LogP contribution in [0.15, 0.2) is 54.6 Å². The number of aliphatic hydroxyl groups is 1. The van der Waals surface area contributed by atoms with E-state index in [4.69, 9.17) is 10.5 Å². The second-order valence-corrected chi connectivity index (χ2v) is 19.9. The molecule has 4 unspecified atom stereocenters. The Kier molecular flexibility index (Phi) is 23.6. The number of nitrogens with zero attached hydrogens (tertiary/aromatic N) is 2. The summed E-state index contributed by atoms with van der Waals surface area (Å²) in [6, 6.07) is 4.51. The number of aromatic hydroxyl groups is 1. The number of aliphatic hydroxyl groups excluding tert-OH is 1. The number of rotatable bonds is 18. The maximum absolute atomic E-state index is 14.9. The predicted molar refractivity (Wildman–Crippen MR) is 268 cm³/mol. The Bertz CT molecular complexity index is 2160. The molecule has 3 rings (SSSR count). The maximum atomic E-state index is 14.9. The lowest BCUT2D eigenvalue weighted by molar-refractivity contribution is -0.159. The number of nitrogens with two attached hydrogens (primary N) is 1. The lowest BCUT2D eigenvalue weighted by atomic mass is 9.93. The first-order chi connectivity index (χ1) is 33.9. The van der Waals surface area contributed by atoms with Gasteiger partial charge in [-0.25, -0.2) is 4.79 Å². The van der Waals surface area contributed by atoms with Crippen LogP contribution >= 0.6 is 0 Å². The number of benzene rings is 2. The number of carbonyl (C=O) groups excluding carboxylic acids is 9. The first kappa shape index (κ1) is 59.7. The third-order valence-corrected chi connectivity index (χ3v) is 13.1. The second kappa shape index (κ2) is 28.5. The van der Waals surface area contributed by atoms with E-state index in [0.29, 0.717) is 31.2 Å². The van der Waals surface area contributed by atoms with E-state index in [2.05, 4.69) is 26.6 Å². The van der Waals surface area contributed by atoms with Crippen molar-refractivity contribution in [2.75, 3.05) is 7.05 Å². The van der Waals surface area contributed by atoms with Crippen LogP contribution in [0.5, 0.6) is 5.75 Å². The number of ether oxygens (including phenoxy) is 1. The molecule has 11 atom stereocenters. The van der Waals surface area contributed by atoms with Crippen LogP contribution in [-0.2, 0) is 49.5 Å². The monoisotopic (exact) mass is 1010 g/mol. The molecule has 398 valence electrons. The Hall–Kier alpha value is -6.57. The number of hydrogen-bond acceptors (Lipinski definition) is 12. The third kappa shape index (κ3) is 17.6. The Balaban J connectivity index is 2.28. The van der Waals surface area contributed by atoms with Crippen LogP contribution in [0.25, 0.3) is 0 Å². The zero-order chi connectivity index (χ0) is 54.0. The van der Waals surface area contributed by atoms with E-state index in [9.17, 15) is 53.4 Å². The van der Waals surface area contributed by atoms with Crippen LogP contribution in [0.2, 0.25) is 0 Å². The quantitative estimate of drug-likeness (QED) is 0.0790. The van der Waals surface area contributed by atoms with Crippen LogP contribution in [0.3, 0.4) is 0 Å². The number of cyclic esters (lactones) is 1. The molecular formula is C52H78N8O12. The highest BCUT2D eigenvalue weighted by Crippen LogP contribution is 2.24. The minimum absolute atomic E-state index is 0.0475. The third-order valence-electron chi connectivity index (χ3n) is 13.1. The molecule has 0 aromatic heterocycles. The number of likely N-dealkylation sites (N-methyl/N-ethyl adjacent to an activating group) is 1. The van der Waals surface area contributed by atoms with E-state index in [1.807, 2.05) is 34.6 Å². The average Bonchev–Trinajstić information content (AvgIpc) is 3.32. The van der Waals surface area contributed by atoms with Crippen molar-refractivity contribution in [3.05, 3.63) is 65.7 Å².